The maximum absolute atomic E-state index is 14.0. The molecule has 166 valence electrons. The highest BCUT2D eigenvalue weighted by atomic mass is 19.4. The number of nitrogens with zero attached hydrogens (tertiary/aromatic N) is 3. The molecule has 0 atom stereocenters. The second-order valence-corrected chi connectivity index (χ2v) is 8.64. The fraction of sp³-hybridized carbons (Fsp3) is 0.360. The molecule has 5 rings (SSSR count). The number of alkyl halides is 3. The molecule has 0 amide bonds. The summed E-state index contributed by atoms with van der Waals surface area (Å²) in [5, 5.41) is 4.55. The summed E-state index contributed by atoms with van der Waals surface area (Å²) in [6, 6.07) is 11.8. The van der Waals surface area contributed by atoms with E-state index in [1.165, 1.54) is 12.1 Å². The van der Waals surface area contributed by atoms with Crippen LogP contribution in [-0.2, 0) is 19.0 Å². The second-order valence-electron chi connectivity index (χ2n) is 8.64. The number of anilines is 1. The van der Waals surface area contributed by atoms with Crippen molar-refractivity contribution in [1.29, 1.82) is 0 Å². The molecule has 0 bridgehead atoms. The van der Waals surface area contributed by atoms with Crippen LogP contribution in [0.5, 0.6) is 0 Å². The Morgan fingerprint density at radius 3 is 2.41 bits per heavy atom. The average molecular weight is 439 g/mol. The first-order valence-corrected chi connectivity index (χ1v) is 11.0. The van der Waals surface area contributed by atoms with Gasteiger partial charge >= 0.3 is 6.18 Å². The van der Waals surface area contributed by atoms with Crippen molar-refractivity contribution in [3.8, 4) is 16.9 Å². The van der Waals surface area contributed by atoms with Gasteiger partial charge in [-0.2, -0.15) is 23.0 Å². The molecule has 0 spiro atoms. The number of fused-ring (bicyclic) bond motifs is 1. The Morgan fingerprint density at radius 1 is 0.938 bits per heavy atom. The average Bonchev–Trinajstić information content (AvgIpc) is 3.46. The minimum absolute atomic E-state index is 0.199. The number of hydrogen-bond donors (Lipinski definition) is 0. The number of rotatable bonds is 3. The first-order chi connectivity index (χ1) is 15.3. The molecule has 32 heavy (non-hydrogen) atoms. The fourth-order valence-electron chi connectivity index (χ4n) is 4.87. The first-order valence-electron chi connectivity index (χ1n) is 11.0. The van der Waals surface area contributed by atoms with Gasteiger partial charge in [0.25, 0.3) is 5.56 Å². The van der Waals surface area contributed by atoms with Gasteiger partial charge in [0.1, 0.15) is 0 Å². The Balaban J connectivity index is 1.77. The number of aromatic nitrogens is 2. The Bertz CT molecular complexity index is 1240. The van der Waals surface area contributed by atoms with Gasteiger partial charge in [-0.15, -0.1) is 0 Å². The van der Waals surface area contributed by atoms with Gasteiger partial charge in [0.2, 0.25) is 0 Å². The molecule has 1 aliphatic heterocycles. The minimum atomic E-state index is -4.59. The van der Waals surface area contributed by atoms with Crippen molar-refractivity contribution in [3.63, 3.8) is 0 Å². The predicted molar refractivity (Wildman–Crippen MR) is 118 cm³/mol. The third kappa shape index (κ3) is 3.59. The third-order valence-electron chi connectivity index (χ3n) is 6.43. The third-order valence-corrected chi connectivity index (χ3v) is 6.43. The lowest BCUT2D eigenvalue weighted by Crippen LogP contribution is -2.28. The van der Waals surface area contributed by atoms with Crippen molar-refractivity contribution in [2.75, 3.05) is 18.0 Å². The Hall–Kier alpha value is -3.09. The van der Waals surface area contributed by atoms with E-state index < -0.39 is 17.3 Å². The van der Waals surface area contributed by atoms with Crippen LogP contribution in [0, 0.1) is 6.92 Å². The van der Waals surface area contributed by atoms with Crippen LogP contribution >= 0.6 is 0 Å². The molecule has 2 aromatic carbocycles. The molecule has 2 aliphatic rings. The van der Waals surface area contributed by atoms with Crippen molar-refractivity contribution in [3.05, 3.63) is 75.1 Å². The van der Waals surface area contributed by atoms with Gasteiger partial charge in [0.05, 0.1) is 16.9 Å². The van der Waals surface area contributed by atoms with E-state index in [2.05, 4.69) is 10.00 Å². The molecule has 1 aromatic heterocycles. The monoisotopic (exact) mass is 439 g/mol. The highest BCUT2D eigenvalue weighted by molar-refractivity contribution is 5.66. The highest BCUT2D eigenvalue weighted by Gasteiger charge is 2.36. The molecule has 7 heteroatoms. The summed E-state index contributed by atoms with van der Waals surface area (Å²) in [5.41, 5.74) is 3.09. The van der Waals surface area contributed by atoms with Crippen molar-refractivity contribution in [1.82, 2.24) is 9.78 Å². The molecule has 2 heterocycles. The van der Waals surface area contributed by atoms with Crippen LogP contribution in [0.1, 0.15) is 41.5 Å². The lowest BCUT2D eigenvalue weighted by atomic mass is 10.0. The first kappa shape index (κ1) is 20.8. The van der Waals surface area contributed by atoms with Gasteiger partial charge in [-0.25, -0.2) is 0 Å². The lowest BCUT2D eigenvalue weighted by molar-refractivity contribution is -0.137. The minimum Gasteiger partial charge on any atom is -0.371 e. The second kappa shape index (κ2) is 7.80. The van der Waals surface area contributed by atoms with E-state index >= 15 is 0 Å². The van der Waals surface area contributed by atoms with E-state index in [-0.39, 0.29) is 5.69 Å². The van der Waals surface area contributed by atoms with Crippen LogP contribution in [0.2, 0.25) is 0 Å². The maximum Gasteiger partial charge on any atom is 0.418 e. The van der Waals surface area contributed by atoms with Crippen LogP contribution in [0.4, 0.5) is 18.9 Å². The zero-order valence-corrected chi connectivity index (χ0v) is 17.9. The summed E-state index contributed by atoms with van der Waals surface area (Å²) in [7, 11) is 0. The number of benzene rings is 2. The molecular weight excluding hydrogens is 415 g/mol. The van der Waals surface area contributed by atoms with Gasteiger partial charge in [0, 0.05) is 29.9 Å². The summed E-state index contributed by atoms with van der Waals surface area (Å²) < 4.78 is 42.9. The largest absolute Gasteiger partial charge is 0.418 e. The summed E-state index contributed by atoms with van der Waals surface area (Å²) in [5.74, 6) is 0. The fourth-order valence-corrected chi connectivity index (χ4v) is 4.87. The van der Waals surface area contributed by atoms with Gasteiger partial charge in [-0.1, -0.05) is 23.8 Å². The number of hydrogen-bond acceptors (Lipinski definition) is 3. The highest BCUT2D eigenvalue weighted by Crippen LogP contribution is 2.37. The van der Waals surface area contributed by atoms with Gasteiger partial charge in [-0.05, 0) is 68.9 Å². The van der Waals surface area contributed by atoms with Crippen molar-refractivity contribution in [2.24, 2.45) is 0 Å². The van der Waals surface area contributed by atoms with E-state index in [9.17, 15) is 18.0 Å². The Labute approximate surface area is 184 Å². The summed E-state index contributed by atoms with van der Waals surface area (Å²) in [6.45, 7) is 3.55. The van der Waals surface area contributed by atoms with E-state index in [1.54, 1.807) is 0 Å². The standard InChI is InChI=1S/C25H24F3N3O/c1-16-6-4-7-17(14-16)23-19-8-5-9-20(19)24(32)31(29-23)22-15-18(30-12-2-3-13-30)10-11-21(22)25(26,27)28/h4,6-7,10-11,14-15H,2-3,5,8-9,12-13H2,1H3. The quantitative estimate of drug-likeness (QED) is 0.555. The summed E-state index contributed by atoms with van der Waals surface area (Å²) >= 11 is 0. The van der Waals surface area contributed by atoms with Crippen LogP contribution in [0.25, 0.3) is 16.9 Å². The van der Waals surface area contributed by atoms with E-state index in [0.29, 0.717) is 29.8 Å². The van der Waals surface area contributed by atoms with Gasteiger partial charge in [-0.3, -0.25) is 4.79 Å². The number of halogens is 3. The molecule has 0 saturated carbocycles. The van der Waals surface area contributed by atoms with E-state index in [1.807, 2.05) is 31.2 Å². The molecule has 0 radical (unpaired) electrons. The molecule has 0 unspecified atom stereocenters. The van der Waals surface area contributed by atoms with Crippen molar-refractivity contribution in [2.45, 2.75) is 45.2 Å². The molecular formula is C25H24F3N3O. The predicted octanol–water partition coefficient (Wildman–Crippen LogP) is 5.32. The summed E-state index contributed by atoms with van der Waals surface area (Å²) in [6.07, 6.45) is -0.516. The van der Waals surface area contributed by atoms with Gasteiger partial charge in [0.15, 0.2) is 0 Å². The van der Waals surface area contributed by atoms with Crippen LogP contribution in [-0.4, -0.2) is 22.9 Å². The van der Waals surface area contributed by atoms with Crippen LogP contribution < -0.4 is 10.5 Å². The molecule has 1 aliphatic carbocycles. The molecule has 0 N–H and O–H groups in total. The zero-order valence-electron chi connectivity index (χ0n) is 17.9. The maximum atomic E-state index is 14.0. The topological polar surface area (TPSA) is 38.1 Å². The number of aryl methyl sites for hydroxylation is 1. The summed E-state index contributed by atoms with van der Waals surface area (Å²) in [4.78, 5) is 15.4. The lowest BCUT2D eigenvalue weighted by Gasteiger charge is -2.22. The van der Waals surface area contributed by atoms with Crippen LogP contribution in [0.3, 0.4) is 0 Å². The van der Waals surface area contributed by atoms with Crippen molar-refractivity contribution >= 4 is 5.69 Å². The molecule has 3 aromatic rings. The smallest absolute Gasteiger partial charge is 0.371 e. The molecule has 1 saturated heterocycles. The van der Waals surface area contributed by atoms with E-state index in [4.69, 9.17) is 0 Å². The molecule has 4 nitrogen and oxygen atoms in total. The molecule has 1 fully saturated rings. The van der Waals surface area contributed by atoms with Crippen LogP contribution in [0.15, 0.2) is 47.3 Å². The SMILES string of the molecule is Cc1cccc(-c2nn(-c3cc(N4CCCC4)ccc3C(F)(F)F)c(=O)c3c2CCC3)c1. The normalized spacial score (nSPS) is 15.9. The van der Waals surface area contributed by atoms with Gasteiger partial charge < -0.3 is 4.90 Å². The van der Waals surface area contributed by atoms with Crippen molar-refractivity contribution < 1.29 is 13.2 Å². The Kier molecular flexibility index (Phi) is 5.07. The van der Waals surface area contributed by atoms with E-state index in [0.717, 1.165) is 59.8 Å². The zero-order chi connectivity index (χ0) is 22.5. The Morgan fingerprint density at radius 2 is 1.69 bits per heavy atom.